The zero-order valence-corrected chi connectivity index (χ0v) is 24.9. The van der Waals surface area contributed by atoms with E-state index in [0.29, 0.717) is 19.3 Å². The highest BCUT2D eigenvalue weighted by molar-refractivity contribution is 7.91. The molecular formula is C27H41N5O8S. The molecule has 0 aromatic carbocycles. The number of carbonyl (C=O) groups is 5. The average Bonchev–Trinajstić information content (AvgIpc) is 3.80. The number of alkyl carbamates (subject to hydrolysis) is 1. The fourth-order valence-electron chi connectivity index (χ4n) is 4.88. The van der Waals surface area contributed by atoms with Gasteiger partial charge < -0.3 is 25.2 Å². The van der Waals surface area contributed by atoms with Gasteiger partial charge in [-0.2, -0.15) is 0 Å². The molecule has 0 unspecified atom stereocenters. The molecule has 41 heavy (non-hydrogen) atoms. The van der Waals surface area contributed by atoms with Crippen LogP contribution in [0, 0.1) is 5.92 Å². The summed E-state index contributed by atoms with van der Waals surface area (Å²) in [6, 6.07) is -2.21. The molecule has 3 aliphatic rings. The van der Waals surface area contributed by atoms with E-state index in [1.54, 1.807) is 27.7 Å². The summed E-state index contributed by atoms with van der Waals surface area (Å²) in [5.74, 6) is -2.97. The van der Waals surface area contributed by atoms with E-state index >= 15 is 0 Å². The van der Waals surface area contributed by atoms with E-state index in [-0.39, 0.29) is 32.5 Å². The highest BCUT2D eigenvalue weighted by Crippen LogP contribution is 2.45. The van der Waals surface area contributed by atoms with Crippen LogP contribution in [0.1, 0.15) is 59.8 Å². The maximum atomic E-state index is 13.8. The van der Waals surface area contributed by atoms with Crippen LogP contribution in [0.4, 0.5) is 4.79 Å². The van der Waals surface area contributed by atoms with Gasteiger partial charge >= 0.3 is 6.09 Å². The lowest BCUT2D eigenvalue weighted by molar-refractivity contribution is -0.142. The number of rotatable bonds is 12. The van der Waals surface area contributed by atoms with Crippen molar-refractivity contribution in [3.8, 4) is 0 Å². The summed E-state index contributed by atoms with van der Waals surface area (Å²) in [6.07, 6.45) is 3.60. The van der Waals surface area contributed by atoms with Crippen molar-refractivity contribution >= 4 is 39.7 Å². The minimum Gasteiger partial charge on any atom is -0.444 e. The van der Waals surface area contributed by atoms with Gasteiger partial charge in [0.05, 0.1) is 11.8 Å². The van der Waals surface area contributed by atoms with Crippen molar-refractivity contribution in [2.75, 3.05) is 19.6 Å². The molecule has 0 aromatic rings. The smallest absolute Gasteiger partial charge is 0.408 e. The lowest BCUT2D eigenvalue weighted by Gasteiger charge is -2.32. The quantitative estimate of drug-likeness (QED) is 0.217. The molecule has 228 valence electrons. The molecule has 4 atom stereocenters. The minimum atomic E-state index is -3.84. The van der Waals surface area contributed by atoms with Crippen LogP contribution in [0.5, 0.6) is 0 Å². The Morgan fingerprint density at radius 2 is 1.80 bits per heavy atom. The highest BCUT2D eigenvalue weighted by atomic mass is 32.2. The molecule has 13 nitrogen and oxygen atoms in total. The number of amides is 5. The monoisotopic (exact) mass is 595 g/mol. The topological polar surface area (TPSA) is 171 Å². The van der Waals surface area contributed by atoms with Gasteiger partial charge in [-0.25, -0.2) is 13.2 Å². The van der Waals surface area contributed by atoms with Crippen molar-refractivity contribution in [2.24, 2.45) is 5.92 Å². The zero-order valence-electron chi connectivity index (χ0n) is 24.1. The fraction of sp³-hybridized carbons (Fsp3) is 0.667. The van der Waals surface area contributed by atoms with Gasteiger partial charge in [0.1, 0.15) is 23.2 Å². The molecule has 5 amide bonds. The zero-order chi connectivity index (χ0) is 30.8. The van der Waals surface area contributed by atoms with E-state index in [4.69, 9.17) is 4.74 Å². The third-order valence-corrected chi connectivity index (χ3v) is 9.17. The van der Waals surface area contributed by atoms with E-state index in [2.05, 4.69) is 28.5 Å². The molecule has 3 fully saturated rings. The maximum Gasteiger partial charge on any atom is 0.408 e. The Bertz CT molecular complexity index is 1210. The Balaban J connectivity index is 1.79. The largest absolute Gasteiger partial charge is 0.444 e. The Morgan fingerprint density at radius 1 is 1.15 bits per heavy atom. The lowest BCUT2D eigenvalue weighted by Crippen LogP contribution is -2.60. The van der Waals surface area contributed by atoms with Crippen molar-refractivity contribution in [3.05, 3.63) is 25.3 Å². The second-order valence-corrected chi connectivity index (χ2v) is 13.6. The van der Waals surface area contributed by atoms with E-state index in [0.717, 1.165) is 6.08 Å². The first kappa shape index (κ1) is 32.1. The molecule has 2 saturated carbocycles. The molecule has 1 aliphatic heterocycles. The number of nitrogens with zero attached hydrogens (tertiary/aromatic N) is 2. The Morgan fingerprint density at radius 3 is 2.32 bits per heavy atom. The molecule has 0 bridgehead atoms. The summed E-state index contributed by atoms with van der Waals surface area (Å²) >= 11 is 0. The number of nitrogens with one attached hydrogen (secondary N) is 3. The van der Waals surface area contributed by atoms with Crippen molar-refractivity contribution in [2.45, 2.75) is 88.3 Å². The first-order valence-electron chi connectivity index (χ1n) is 13.8. The van der Waals surface area contributed by atoms with Gasteiger partial charge in [-0.15, -0.1) is 6.58 Å². The van der Waals surface area contributed by atoms with Crippen molar-refractivity contribution in [1.29, 1.82) is 0 Å². The Labute approximate surface area is 241 Å². The molecule has 0 radical (unpaired) electrons. The number of likely N-dealkylation sites (tertiary alicyclic amines) is 1. The number of likely N-dealkylation sites (N-methyl/N-ethyl adjacent to an activating group) is 1. The molecule has 0 aromatic heterocycles. The number of ether oxygens (including phenoxy) is 1. The van der Waals surface area contributed by atoms with Crippen molar-refractivity contribution in [1.82, 2.24) is 25.2 Å². The second-order valence-electron chi connectivity index (χ2n) is 11.7. The van der Waals surface area contributed by atoms with Crippen LogP contribution in [0.15, 0.2) is 25.3 Å². The van der Waals surface area contributed by atoms with E-state index in [1.165, 1.54) is 15.9 Å². The SMILES string of the molecule is C=CC(=O)N(CC)C[C@H](NC(=O)OC(C)(C)C)C(=O)N1CCC[C@H]1C(=O)N[C@]1(C(=O)NS(=O)(=O)C2CC2)C[C@H]1C=C. The number of hydrogen-bond acceptors (Lipinski definition) is 8. The molecule has 14 heteroatoms. The summed E-state index contributed by atoms with van der Waals surface area (Å²) in [4.78, 5) is 67.9. The lowest BCUT2D eigenvalue weighted by atomic mass is 10.1. The van der Waals surface area contributed by atoms with Crippen LogP contribution in [0.25, 0.3) is 0 Å². The normalized spacial score (nSPS) is 24.4. The summed E-state index contributed by atoms with van der Waals surface area (Å²) in [5.41, 5.74) is -2.33. The van der Waals surface area contributed by atoms with Gasteiger partial charge in [0.25, 0.3) is 5.91 Å². The number of hydrogen-bond donors (Lipinski definition) is 3. The van der Waals surface area contributed by atoms with Gasteiger partial charge in [-0.3, -0.25) is 23.9 Å². The summed E-state index contributed by atoms with van der Waals surface area (Å²) < 4.78 is 32.2. The molecule has 0 spiro atoms. The van der Waals surface area contributed by atoms with Gasteiger partial charge in [0.2, 0.25) is 27.7 Å². The van der Waals surface area contributed by atoms with Gasteiger partial charge in [0.15, 0.2) is 0 Å². The standard InChI is InChI=1S/C27H41N5O8S/c1-7-17-15-27(17,24(36)30-41(38,39)18-12-13-18)29-22(34)20-11-10-14-32(20)23(35)19(16-31(9-3)21(33)8-2)28-25(37)40-26(4,5)6/h7-8,17-20H,1-2,9-16H2,3-6H3,(H,28,37)(H,29,34)(H,30,36)/t17-,19+,20+,27-/m1/s1. The number of sulfonamides is 1. The van der Waals surface area contributed by atoms with Crippen molar-refractivity contribution in [3.63, 3.8) is 0 Å². The summed E-state index contributed by atoms with van der Waals surface area (Å²) in [6.45, 7) is 14.1. The predicted octanol–water partition coefficient (Wildman–Crippen LogP) is 0.575. The van der Waals surface area contributed by atoms with Crippen LogP contribution in [0.3, 0.4) is 0 Å². The second kappa shape index (κ2) is 12.2. The van der Waals surface area contributed by atoms with Gasteiger partial charge in [0, 0.05) is 19.0 Å². The first-order chi connectivity index (χ1) is 19.1. The molecular weight excluding hydrogens is 554 g/mol. The first-order valence-corrected chi connectivity index (χ1v) is 15.3. The van der Waals surface area contributed by atoms with Crippen LogP contribution in [-0.4, -0.2) is 96.0 Å². The maximum absolute atomic E-state index is 13.8. The average molecular weight is 596 g/mol. The van der Waals surface area contributed by atoms with E-state index < -0.39 is 74.1 Å². The predicted molar refractivity (Wildman–Crippen MR) is 150 cm³/mol. The van der Waals surface area contributed by atoms with E-state index in [9.17, 15) is 32.4 Å². The Kier molecular flexibility index (Phi) is 9.56. The molecule has 1 heterocycles. The summed E-state index contributed by atoms with van der Waals surface area (Å²) in [7, 11) is -3.84. The fourth-order valence-corrected chi connectivity index (χ4v) is 6.25. The summed E-state index contributed by atoms with van der Waals surface area (Å²) in [5, 5.41) is 4.61. The van der Waals surface area contributed by atoms with Crippen LogP contribution in [-0.2, 0) is 33.9 Å². The molecule has 3 rings (SSSR count). The highest BCUT2D eigenvalue weighted by Gasteiger charge is 2.61. The van der Waals surface area contributed by atoms with Crippen LogP contribution >= 0.6 is 0 Å². The van der Waals surface area contributed by atoms with Crippen LogP contribution < -0.4 is 15.4 Å². The molecule has 1 saturated heterocycles. The minimum absolute atomic E-state index is 0.173. The third-order valence-electron chi connectivity index (χ3n) is 7.35. The number of carbonyl (C=O) groups excluding carboxylic acids is 5. The van der Waals surface area contributed by atoms with E-state index in [1.807, 2.05) is 0 Å². The Hall–Kier alpha value is -3.42. The van der Waals surface area contributed by atoms with Gasteiger partial charge in [-0.05, 0) is 65.9 Å². The van der Waals surface area contributed by atoms with Crippen LogP contribution in [0.2, 0.25) is 0 Å². The molecule has 2 aliphatic carbocycles. The molecule has 3 N–H and O–H groups in total. The van der Waals surface area contributed by atoms with Gasteiger partial charge in [-0.1, -0.05) is 12.7 Å². The van der Waals surface area contributed by atoms with Crippen molar-refractivity contribution < 1.29 is 37.1 Å². The third kappa shape index (κ3) is 7.66.